The number of aromatic amines is 2. The van der Waals surface area contributed by atoms with Crippen molar-refractivity contribution < 1.29 is 4.79 Å². The summed E-state index contributed by atoms with van der Waals surface area (Å²) in [6, 6.07) is 7.96. The third-order valence-electron chi connectivity index (χ3n) is 3.02. The molecule has 0 aliphatic rings. The first-order valence-electron chi connectivity index (χ1n) is 5.87. The maximum atomic E-state index is 12.6. The highest BCUT2D eigenvalue weighted by Gasteiger charge is 2.17. The molecule has 1 heterocycles. The van der Waals surface area contributed by atoms with Crippen molar-refractivity contribution in [2.75, 3.05) is 0 Å². The van der Waals surface area contributed by atoms with Crippen LogP contribution in [0.4, 0.5) is 0 Å². The summed E-state index contributed by atoms with van der Waals surface area (Å²) >= 11 is 15.2. The number of carbonyl (C=O) groups is 1. The van der Waals surface area contributed by atoms with Gasteiger partial charge >= 0.3 is 5.69 Å². The molecule has 0 radical (unpaired) electrons. The topological polar surface area (TPSA) is 65.7 Å². The van der Waals surface area contributed by atoms with E-state index in [0.717, 1.165) is 0 Å². The molecule has 0 saturated carbocycles. The molecule has 3 aromatic rings. The number of hydrogen-bond acceptors (Lipinski definition) is 2. The van der Waals surface area contributed by atoms with Crippen LogP contribution in [0.1, 0.15) is 15.9 Å². The average molecular weight is 386 g/mol. The van der Waals surface area contributed by atoms with Gasteiger partial charge < -0.3 is 9.97 Å². The fourth-order valence-electron chi connectivity index (χ4n) is 2.05. The molecule has 7 heteroatoms. The zero-order chi connectivity index (χ0) is 15.1. The molecule has 2 aromatic carbocycles. The van der Waals surface area contributed by atoms with Crippen molar-refractivity contribution in [2.24, 2.45) is 0 Å². The number of ketones is 1. The van der Waals surface area contributed by atoms with Gasteiger partial charge in [0.05, 0.1) is 16.1 Å². The molecule has 0 spiro atoms. The summed E-state index contributed by atoms with van der Waals surface area (Å²) in [4.78, 5) is 29.1. The van der Waals surface area contributed by atoms with E-state index in [0.29, 0.717) is 31.7 Å². The Morgan fingerprint density at radius 1 is 1.00 bits per heavy atom. The molecular weight excluding hydrogens is 379 g/mol. The minimum Gasteiger partial charge on any atom is -0.306 e. The van der Waals surface area contributed by atoms with Crippen LogP contribution >= 0.6 is 39.1 Å². The first-order valence-corrected chi connectivity index (χ1v) is 7.42. The highest BCUT2D eigenvalue weighted by molar-refractivity contribution is 9.10. The number of hydrogen-bond donors (Lipinski definition) is 2. The summed E-state index contributed by atoms with van der Waals surface area (Å²) in [5.41, 5.74) is 1.59. The maximum absolute atomic E-state index is 12.6. The molecule has 2 N–H and O–H groups in total. The number of nitrogens with one attached hydrogen (secondary N) is 2. The second-order valence-electron chi connectivity index (χ2n) is 4.41. The van der Waals surface area contributed by atoms with Crippen molar-refractivity contribution in [3.05, 3.63) is 66.5 Å². The highest BCUT2D eigenvalue weighted by atomic mass is 79.9. The highest BCUT2D eigenvalue weighted by Crippen LogP contribution is 2.28. The number of benzene rings is 2. The van der Waals surface area contributed by atoms with Gasteiger partial charge in [0.1, 0.15) is 0 Å². The lowest BCUT2D eigenvalue weighted by Crippen LogP contribution is -2.03. The Labute approximate surface area is 137 Å². The number of halogens is 3. The number of carbonyl (C=O) groups excluding carboxylic acids is 1. The molecule has 0 aliphatic heterocycles. The van der Waals surface area contributed by atoms with Crippen molar-refractivity contribution in [1.29, 1.82) is 0 Å². The zero-order valence-corrected chi connectivity index (χ0v) is 13.4. The van der Waals surface area contributed by atoms with Crippen molar-refractivity contribution in [3.63, 3.8) is 0 Å². The number of imidazole rings is 1. The lowest BCUT2D eigenvalue weighted by atomic mass is 10.0. The van der Waals surface area contributed by atoms with Gasteiger partial charge in [-0.05, 0) is 46.3 Å². The SMILES string of the molecule is O=C(c1ccc(Cl)cc1Cl)c1cc2[nH]c(=O)[nH]c2cc1Br. The summed E-state index contributed by atoms with van der Waals surface area (Å²) < 4.78 is 0.571. The molecule has 0 unspecified atom stereocenters. The minimum absolute atomic E-state index is 0.257. The van der Waals surface area contributed by atoms with E-state index in [1.54, 1.807) is 24.3 Å². The van der Waals surface area contributed by atoms with Gasteiger partial charge in [0.2, 0.25) is 0 Å². The van der Waals surface area contributed by atoms with Gasteiger partial charge in [0.15, 0.2) is 5.78 Å². The predicted octanol–water partition coefficient (Wildman–Crippen LogP) is 4.16. The Bertz CT molecular complexity index is 930. The maximum Gasteiger partial charge on any atom is 0.323 e. The van der Waals surface area contributed by atoms with E-state index < -0.39 is 0 Å². The normalized spacial score (nSPS) is 11.0. The summed E-state index contributed by atoms with van der Waals surface area (Å²) in [6.07, 6.45) is 0. The van der Waals surface area contributed by atoms with Crippen molar-refractivity contribution >= 4 is 55.9 Å². The van der Waals surface area contributed by atoms with Gasteiger partial charge in [0, 0.05) is 20.6 Å². The van der Waals surface area contributed by atoms with Crippen molar-refractivity contribution in [2.45, 2.75) is 0 Å². The monoisotopic (exact) mass is 384 g/mol. The summed E-state index contributed by atoms with van der Waals surface area (Å²) in [7, 11) is 0. The van der Waals surface area contributed by atoms with Gasteiger partial charge in [-0.1, -0.05) is 23.2 Å². The Balaban J connectivity index is 2.16. The van der Waals surface area contributed by atoms with Crippen LogP contribution < -0.4 is 5.69 Å². The number of aromatic nitrogens is 2. The number of fused-ring (bicyclic) bond motifs is 1. The predicted molar refractivity (Wildman–Crippen MR) is 86.5 cm³/mol. The first kappa shape index (κ1) is 14.4. The molecule has 3 rings (SSSR count). The van der Waals surface area contributed by atoms with Crippen LogP contribution in [0.3, 0.4) is 0 Å². The van der Waals surface area contributed by atoms with Crippen molar-refractivity contribution in [3.8, 4) is 0 Å². The molecule has 0 aliphatic carbocycles. The van der Waals surface area contributed by atoms with Crippen LogP contribution in [-0.4, -0.2) is 15.8 Å². The zero-order valence-electron chi connectivity index (χ0n) is 10.3. The largest absolute Gasteiger partial charge is 0.323 e. The second-order valence-corrected chi connectivity index (χ2v) is 6.11. The third kappa shape index (κ3) is 2.64. The van der Waals surface area contributed by atoms with E-state index in [9.17, 15) is 9.59 Å². The fourth-order valence-corrected chi connectivity index (χ4v) is 3.07. The number of H-pyrrole nitrogens is 2. The quantitative estimate of drug-likeness (QED) is 0.650. The smallest absolute Gasteiger partial charge is 0.306 e. The lowest BCUT2D eigenvalue weighted by molar-refractivity contribution is 0.103. The Hall–Kier alpha value is -1.56. The summed E-state index contributed by atoms with van der Waals surface area (Å²) in [5.74, 6) is -0.257. The van der Waals surface area contributed by atoms with Gasteiger partial charge in [-0.2, -0.15) is 0 Å². The summed E-state index contributed by atoms with van der Waals surface area (Å²) in [5, 5.41) is 0.739. The van der Waals surface area contributed by atoms with E-state index in [1.807, 2.05) is 0 Å². The molecule has 0 atom stereocenters. The van der Waals surface area contributed by atoms with Gasteiger partial charge in [0.25, 0.3) is 0 Å². The molecule has 106 valence electrons. The van der Waals surface area contributed by atoms with E-state index in [1.165, 1.54) is 6.07 Å². The van der Waals surface area contributed by atoms with E-state index in [2.05, 4.69) is 25.9 Å². The molecule has 0 saturated heterocycles. The first-order chi connectivity index (χ1) is 9.95. The van der Waals surface area contributed by atoms with Crippen LogP contribution in [0, 0.1) is 0 Å². The van der Waals surface area contributed by atoms with Crippen LogP contribution in [-0.2, 0) is 0 Å². The third-order valence-corrected chi connectivity index (χ3v) is 4.23. The van der Waals surface area contributed by atoms with E-state index in [-0.39, 0.29) is 16.5 Å². The van der Waals surface area contributed by atoms with Gasteiger partial charge in [-0.3, -0.25) is 4.79 Å². The Kier molecular flexibility index (Phi) is 3.65. The molecule has 4 nitrogen and oxygen atoms in total. The van der Waals surface area contributed by atoms with Crippen LogP contribution in [0.15, 0.2) is 39.6 Å². The lowest BCUT2D eigenvalue weighted by Gasteiger charge is -2.06. The molecule has 21 heavy (non-hydrogen) atoms. The number of rotatable bonds is 2. The second kappa shape index (κ2) is 5.33. The molecular formula is C14H7BrCl2N2O2. The van der Waals surface area contributed by atoms with E-state index >= 15 is 0 Å². The van der Waals surface area contributed by atoms with Crippen LogP contribution in [0.5, 0.6) is 0 Å². The van der Waals surface area contributed by atoms with Gasteiger partial charge in [-0.25, -0.2) is 4.79 Å². The van der Waals surface area contributed by atoms with Gasteiger partial charge in [-0.15, -0.1) is 0 Å². The molecule has 0 fully saturated rings. The van der Waals surface area contributed by atoms with E-state index in [4.69, 9.17) is 23.2 Å². The fraction of sp³-hybridized carbons (Fsp3) is 0. The van der Waals surface area contributed by atoms with Crippen LogP contribution in [0.25, 0.3) is 11.0 Å². The minimum atomic E-state index is -0.328. The Morgan fingerprint density at radius 2 is 1.67 bits per heavy atom. The van der Waals surface area contributed by atoms with Crippen molar-refractivity contribution in [1.82, 2.24) is 9.97 Å². The van der Waals surface area contributed by atoms with Crippen LogP contribution in [0.2, 0.25) is 10.0 Å². The molecule has 0 bridgehead atoms. The summed E-state index contributed by atoms with van der Waals surface area (Å²) in [6.45, 7) is 0. The molecule has 1 aromatic heterocycles. The average Bonchev–Trinajstić information content (AvgIpc) is 2.76. The molecule has 0 amide bonds. The Morgan fingerprint density at radius 3 is 2.33 bits per heavy atom. The standard InChI is InChI=1S/C14H7BrCl2N2O2/c15-9-5-12-11(18-14(21)19-12)4-8(9)13(20)7-2-1-6(16)3-10(7)17/h1-5H,(H2,18,19,21).